The standard InChI is InChI=1S/C13H18FNO2/c1-16-11-5-10(6-12(7-11)17-2)13(14,8-15)9-3-4-9/h5-7,9H,3-4,8,15H2,1-2H3. The molecule has 4 heteroatoms. The van der Waals surface area contributed by atoms with Gasteiger partial charge in [0, 0.05) is 12.6 Å². The van der Waals surface area contributed by atoms with Crippen LogP contribution in [-0.2, 0) is 5.67 Å². The number of alkyl halides is 1. The molecule has 1 aliphatic carbocycles. The topological polar surface area (TPSA) is 44.5 Å². The molecule has 0 spiro atoms. The smallest absolute Gasteiger partial charge is 0.151 e. The quantitative estimate of drug-likeness (QED) is 0.857. The molecule has 1 fully saturated rings. The first-order valence-electron chi connectivity index (χ1n) is 5.76. The van der Waals surface area contributed by atoms with Crippen LogP contribution in [0.4, 0.5) is 4.39 Å². The van der Waals surface area contributed by atoms with Gasteiger partial charge in [0.15, 0.2) is 5.67 Å². The lowest BCUT2D eigenvalue weighted by Gasteiger charge is -2.25. The van der Waals surface area contributed by atoms with E-state index in [1.54, 1.807) is 32.4 Å². The van der Waals surface area contributed by atoms with E-state index < -0.39 is 5.67 Å². The van der Waals surface area contributed by atoms with Crippen molar-refractivity contribution in [3.63, 3.8) is 0 Å². The number of methoxy groups -OCH3 is 2. The molecule has 1 aromatic rings. The zero-order valence-electron chi connectivity index (χ0n) is 10.2. The summed E-state index contributed by atoms with van der Waals surface area (Å²) in [5, 5.41) is 0. The average Bonchev–Trinajstić information content (AvgIpc) is 3.21. The van der Waals surface area contributed by atoms with Crippen molar-refractivity contribution in [2.45, 2.75) is 18.5 Å². The summed E-state index contributed by atoms with van der Waals surface area (Å²) < 4.78 is 25.1. The molecule has 1 saturated carbocycles. The molecule has 2 N–H and O–H groups in total. The number of benzene rings is 1. The summed E-state index contributed by atoms with van der Waals surface area (Å²) in [5.74, 6) is 1.22. The molecule has 17 heavy (non-hydrogen) atoms. The maximum Gasteiger partial charge on any atom is 0.151 e. The summed E-state index contributed by atoms with van der Waals surface area (Å²) in [5.41, 5.74) is 4.70. The highest BCUT2D eigenvalue weighted by Crippen LogP contribution is 2.49. The lowest BCUT2D eigenvalue weighted by Crippen LogP contribution is -2.32. The highest BCUT2D eigenvalue weighted by Gasteiger charge is 2.46. The zero-order valence-corrected chi connectivity index (χ0v) is 10.2. The van der Waals surface area contributed by atoms with Crippen LogP contribution >= 0.6 is 0 Å². The molecule has 1 aliphatic rings. The Morgan fingerprint density at radius 2 is 1.76 bits per heavy atom. The van der Waals surface area contributed by atoms with Gasteiger partial charge in [-0.2, -0.15) is 0 Å². The lowest BCUT2D eigenvalue weighted by atomic mass is 9.90. The number of halogens is 1. The molecule has 1 atom stereocenters. The number of hydrogen-bond donors (Lipinski definition) is 1. The number of ether oxygens (including phenoxy) is 2. The minimum Gasteiger partial charge on any atom is -0.497 e. The molecule has 94 valence electrons. The van der Waals surface area contributed by atoms with Crippen LogP contribution in [0.1, 0.15) is 18.4 Å². The van der Waals surface area contributed by atoms with E-state index in [9.17, 15) is 4.39 Å². The highest BCUT2D eigenvalue weighted by atomic mass is 19.1. The second kappa shape index (κ2) is 4.53. The van der Waals surface area contributed by atoms with Gasteiger partial charge in [0.2, 0.25) is 0 Å². The van der Waals surface area contributed by atoms with Crippen LogP contribution in [0.3, 0.4) is 0 Å². The van der Waals surface area contributed by atoms with Crippen LogP contribution in [-0.4, -0.2) is 20.8 Å². The van der Waals surface area contributed by atoms with E-state index in [0.717, 1.165) is 12.8 Å². The second-order valence-corrected chi connectivity index (χ2v) is 4.44. The molecule has 3 nitrogen and oxygen atoms in total. The lowest BCUT2D eigenvalue weighted by molar-refractivity contribution is 0.142. The molecular formula is C13H18FNO2. The SMILES string of the molecule is COc1cc(OC)cc(C(F)(CN)C2CC2)c1. The first kappa shape index (κ1) is 12.2. The Morgan fingerprint density at radius 3 is 2.12 bits per heavy atom. The van der Waals surface area contributed by atoms with E-state index in [1.807, 2.05) is 0 Å². The summed E-state index contributed by atoms with van der Waals surface area (Å²) in [6.45, 7) is -0.00596. The fourth-order valence-electron chi connectivity index (χ4n) is 2.11. The van der Waals surface area contributed by atoms with Crippen LogP contribution in [0.15, 0.2) is 18.2 Å². The van der Waals surface area contributed by atoms with Gasteiger partial charge in [0.25, 0.3) is 0 Å². The summed E-state index contributed by atoms with van der Waals surface area (Å²) in [4.78, 5) is 0. The molecule has 0 heterocycles. The molecule has 0 bridgehead atoms. The maximum absolute atomic E-state index is 14.8. The van der Waals surface area contributed by atoms with E-state index >= 15 is 0 Å². The number of nitrogens with two attached hydrogens (primary N) is 1. The Kier molecular flexibility index (Phi) is 3.24. The Balaban J connectivity index is 2.41. The molecule has 2 rings (SSSR count). The first-order valence-corrected chi connectivity index (χ1v) is 5.76. The van der Waals surface area contributed by atoms with Crippen LogP contribution in [0.5, 0.6) is 11.5 Å². The van der Waals surface area contributed by atoms with E-state index in [2.05, 4.69) is 0 Å². The first-order chi connectivity index (χ1) is 8.13. The van der Waals surface area contributed by atoms with Crippen LogP contribution < -0.4 is 15.2 Å². The van der Waals surface area contributed by atoms with E-state index in [4.69, 9.17) is 15.2 Å². The van der Waals surface area contributed by atoms with E-state index in [-0.39, 0.29) is 12.5 Å². The fraction of sp³-hybridized carbons (Fsp3) is 0.538. The van der Waals surface area contributed by atoms with Gasteiger partial charge in [-0.15, -0.1) is 0 Å². The predicted octanol–water partition coefficient (Wildman–Crippen LogP) is 2.24. The van der Waals surface area contributed by atoms with Crippen molar-refractivity contribution in [1.29, 1.82) is 0 Å². The van der Waals surface area contributed by atoms with Gasteiger partial charge in [0.05, 0.1) is 14.2 Å². The van der Waals surface area contributed by atoms with Gasteiger partial charge < -0.3 is 15.2 Å². The Bertz CT molecular complexity index is 384. The Labute approximate surface area is 101 Å². The van der Waals surface area contributed by atoms with Gasteiger partial charge in [0.1, 0.15) is 11.5 Å². The molecule has 0 aliphatic heterocycles. The van der Waals surface area contributed by atoms with Gasteiger partial charge in [-0.25, -0.2) is 4.39 Å². The minimum atomic E-state index is -1.46. The summed E-state index contributed by atoms with van der Waals surface area (Å²) in [7, 11) is 3.11. The van der Waals surface area contributed by atoms with Crippen LogP contribution in [0, 0.1) is 5.92 Å². The van der Waals surface area contributed by atoms with Crippen LogP contribution in [0.2, 0.25) is 0 Å². The van der Waals surface area contributed by atoms with Crippen molar-refractivity contribution >= 4 is 0 Å². The van der Waals surface area contributed by atoms with Gasteiger partial charge in [-0.3, -0.25) is 0 Å². The van der Waals surface area contributed by atoms with Gasteiger partial charge in [-0.05, 0) is 36.5 Å². The van der Waals surface area contributed by atoms with Crippen molar-refractivity contribution in [2.24, 2.45) is 11.7 Å². The monoisotopic (exact) mass is 239 g/mol. The van der Waals surface area contributed by atoms with Crippen LogP contribution in [0.25, 0.3) is 0 Å². The molecule has 0 aromatic heterocycles. The second-order valence-electron chi connectivity index (χ2n) is 4.44. The molecular weight excluding hydrogens is 221 g/mol. The Morgan fingerprint density at radius 1 is 1.24 bits per heavy atom. The van der Waals surface area contributed by atoms with E-state index in [1.165, 1.54) is 0 Å². The molecule has 1 aromatic carbocycles. The summed E-state index contributed by atoms with van der Waals surface area (Å²) in [6.07, 6.45) is 1.79. The third kappa shape index (κ3) is 2.22. The Hall–Kier alpha value is -1.29. The van der Waals surface area contributed by atoms with E-state index in [0.29, 0.717) is 17.1 Å². The largest absolute Gasteiger partial charge is 0.497 e. The van der Waals surface area contributed by atoms with Crippen molar-refractivity contribution in [3.8, 4) is 11.5 Å². The highest BCUT2D eigenvalue weighted by molar-refractivity contribution is 5.42. The summed E-state index contributed by atoms with van der Waals surface area (Å²) >= 11 is 0. The minimum absolute atomic E-state index is 0.00596. The maximum atomic E-state index is 14.8. The summed E-state index contributed by atoms with van der Waals surface area (Å²) in [6, 6.07) is 5.13. The normalized spacial score (nSPS) is 18.6. The number of rotatable bonds is 5. The average molecular weight is 239 g/mol. The van der Waals surface area contributed by atoms with Crippen molar-refractivity contribution < 1.29 is 13.9 Å². The predicted molar refractivity (Wildman–Crippen MR) is 64.1 cm³/mol. The van der Waals surface area contributed by atoms with Gasteiger partial charge in [-0.1, -0.05) is 0 Å². The van der Waals surface area contributed by atoms with Crippen molar-refractivity contribution in [3.05, 3.63) is 23.8 Å². The molecule has 1 unspecified atom stereocenters. The third-order valence-corrected chi connectivity index (χ3v) is 3.35. The zero-order chi connectivity index (χ0) is 12.5. The molecule has 0 saturated heterocycles. The molecule has 0 amide bonds. The van der Waals surface area contributed by atoms with Crippen molar-refractivity contribution in [2.75, 3.05) is 20.8 Å². The molecule has 0 radical (unpaired) electrons. The van der Waals surface area contributed by atoms with Gasteiger partial charge >= 0.3 is 0 Å². The fourth-order valence-corrected chi connectivity index (χ4v) is 2.11. The number of hydrogen-bond acceptors (Lipinski definition) is 3. The van der Waals surface area contributed by atoms with Crippen molar-refractivity contribution in [1.82, 2.24) is 0 Å². The third-order valence-electron chi connectivity index (χ3n) is 3.35.